The van der Waals surface area contributed by atoms with Crippen molar-refractivity contribution in [3.8, 4) is 11.4 Å². The van der Waals surface area contributed by atoms with Crippen LogP contribution in [0.1, 0.15) is 23.0 Å². The summed E-state index contributed by atoms with van der Waals surface area (Å²) in [6.07, 6.45) is 1.43. The Morgan fingerprint density at radius 1 is 1.15 bits per heavy atom. The van der Waals surface area contributed by atoms with Gasteiger partial charge in [-0.25, -0.2) is 13.5 Å². The molecule has 1 N–H and O–H groups in total. The molecule has 0 aliphatic heterocycles. The number of amides is 1. The second kappa shape index (κ2) is 7.35. The minimum absolute atomic E-state index is 0.254. The molecule has 134 valence electrons. The Bertz CT molecular complexity index is 936. The minimum atomic E-state index is -0.452. The van der Waals surface area contributed by atoms with E-state index in [1.54, 1.807) is 30.7 Å². The molecule has 1 aromatic heterocycles. The van der Waals surface area contributed by atoms with Gasteiger partial charge in [0.15, 0.2) is 0 Å². The Morgan fingerprint density at radius 3 is 2.54 bits per heavy atom. The van der Waals surface area contributed by atoms with Crippen LogP contribution in [0.3, 0.4) is 0 Å². The predicted octanol–water partition coefficient (Wildman–Crippen LogP) is 4.11. The summed E-state index contributed by atoms with van der Waals surface area (Å²) in [4.78, 5) is 12.6. The molecule has 26 heavy (non-hydrogen) atoms. The lowest BCUT2D eigenvalue weighted by molar-refractivity contribution is 0.102. The first-order valence-electron chi connectivity index (χ1n) is 8.04. The van der Waals surface area contributed by atoms with Crippen LogP contribution in [0.5, 0.6) is 5.75 Å². The van der Waals surface area contributed by atoms with E-state index in [0.29, 0.717) is 29.2 Å². The van der Waals surface area contributed by atoms with Crippen molar-refractivity contribution in [3.63, 3.8) is 0 Å². The zero-order valence-electron chi connectivity index (χ0n) is 14.3. The second-order valence-corrected chi connectivity index (χ2v) is 5.56. The fraction of sp³-hybridized carbons (Fsp3) is 0.158. The number of aromatic nitrogens is 2. The third-order valence-corrected chi connectivity index (χ3v) is 3.82. The van der Waals surface area contributed by atoms with E-state index in [4.69, 9.17) is 4.74 Å². The Labute approximate surface area is 149 Å². The number of nitrogens with zero attached hydrogens (tertiary/aromatic N) is 2. The molecular weight excluding hydrogens is 340 g/mol. The molecule has 1 amide bonds. The molecule has 2 aromatic carbocycles. The highest BCUT2D eigenvalue weighted by Crippen LogP contribution is 2.26. The SMILES string of the molecule is CCOc1cc(F)ccc1NC(=O)c1cnn(-c2ccc(F)cc2)c1C. The highest BCUT2D eigenvalue weighted by Gasteiger charge is 2.17. The first kappa shape index (κ1) is 17.6. The quantitative estimate of drug-likeness (QED) is 0.748. The zero-order valence-corrected chi connectivity index (χ0v) is 14.3. The number of rotatable bonds is 5. The van der Waals surface area contributed by atoms with Crippen molar-refractivity contribution in [2.24, 2.45) is 0 Å². The Balaban J connectivity index is 1.87. The lowest BCUT2D eigenvalue weighted by Crippen LogP contribution is -2.14. The fourth-order valence-electron chi connectivity index (χ4n) is 2.54. The minimum Gasteiger partial charge on any atom is -0.492 e. The number of ether oxygens (including phenoxy) is 1. The van der Waals surface area contributed by atoms with Gasteiger partial charge in [0.2, 0.25) is 0 Å². The second-order valence-electron chi connectivity index (χ2n) is 5.56. The Kier molecular flexibility index (Phi) is 4.97. The molecule has 0 spiro atoms. The molecule has 7 heteroatoms. The van der Waals surface area contributed by atoms with Crippen LogP contribution in [0.2, 0.25) is 0 Å². The highest BCUT2D eigenvalue weighted by atomic mass is 19.1. The van der Waals surface area contributed by atoms with E-state index in [2.05, 4.69) is 10.4 Å². The summed E-state index contributed by atoms with van der Waals surface area (Å²) in [7, 11) is 0. The van der Waals surface area contributed by atoms with Crippen molar-refractivity contribution < 1.29 is 18.3 Å². The van der Waals surface area contributed by atoms with E-state index in [1.165, 1.54) is 36.5 Å². The van der Waals surface area contributed by atoms with E-state index < -0.39 is 11.7 Å². The third-order valence-electron chi connectivity index (χ3n) is 3.82. The van der Waals surface area contributed by atoms with Crippen LogP contribution >= 0.6 is 0 Å². The molecule has 3 rings (SSSR count). The fourth-order valence-corrected chi connectivity index (χ4v) is 2.54. The molecule has 0 atom stereocenters. The topological polar surface area (TPSA) is 56.1 Å². The molecule has 0 aliphatic carbocycles. The van der Waals surface area contributed by atoms with E-state index in [9.17, 15) is 13.6 Å². The van der Waals surface area contributed by atoms with Gasteiger partial charge in [0.05, 0.1) is 35.4 Å². The van der Waals surface area contributed by atoms with Crippen LogP contribution < -0.4 is 10.1 Å². The predicted molar refractivity (Wildman–Crippen MR) is 93.8 cm³/mol. The molecule has 3 aromatic rings. The number of anilines is 1. The summed E-state index contributed by atoms with van der Waals surface area (Å²) in [6.45, 7) is 3.85. The first-order chi connectivity index (χ1) is 12.5. The molecule has 0 fully saturated rings. The number of hydrogen-bond donors (Lipinski definition) is 1. The van der Waals surface area contributed by atoms with Crippen LogP contribution in [0.15, 0.2) is 48.7 Å². The summed E-state index contributed by atoms with van der Waals surface area (Å²) < 4.78 is 33.4. The van der Waals surface area contributed by atoms with Gasteiger partial charge in [0, 0.05) is 6.07 Å². The van der Waals surface area contributed by atoms with Gasteiger partial charge < -0.3 is 10.1 Å². The van der Waals surface area contributed by atoms with E-state index in [1.807, 2.05) is 0 Å². The van der Waals surface area contributed by atoms with Crippen molar-refractivity contribution in [1.82, 2.24) is 9.78 Å². The number of hydrogen-bond acceptors (Lipinski definition) is 3. The maximum absolute atomic E-state index is 13.4. The average molecular weight is 357 g/mol. The van der Waals surface area contributed by atoms with Crippen molar-refractivity contribution >= 4 is 11.6 Å². The molecular formula is C19H17F2N3O2. The smallest absolute Gasteiger partial charge is 0.259 e. The standard InChI is InChI=1S/C19H17F2N3O2/c1-3-26-18-10-14(21)6-9-17(18)23-19(25)16-11-22-24(12(16)2)15-7-4-13(20)5-8-15/h4-11H,3H2,1-2H3,(H,23,25). The Morgan fingerprint density at radius 2 is 1.85 bits per heavy atom. The van der Waals surface area contributed by atoms with Crippen molar-refractivity contribution in [3.05, 3.63) is 71.6 Å². The van der Waals surface area contributed by atoms with Crippen LogP contribution in [-0.2, 0) is 0 Å². The lowest BCUT2D eigenvalue weighted by atomic mass is 10.2. The number of benzene rings is 2. The molecule has 0 bridgehead atoms. The highest BCUT2D eigenvalue weighted by molar-refractivity contribution is 6.05. The van der Waals surface area contributed by atoms with Crippen LogP contribution in [0.25, 0.3) is 5.69 Å². The average Bonchev–Trinajstić information content (AvgIpc) is 3.00. The summed E-state index contributed by atoms with van der Waals surface area (Å²) in [5.74, 6) is -0.948. The summed E-state index contributed by atoms with van der Waals surface area (Å²) >= 11 is 0. The number of carbonyl (C=O) groups is 1. The van der Waals surface area contributed by atoms with Gasteiger partial charge in [0.1, 0.15) is 17.4 Å². The molecule has 5 nitrogen and oxygen atoms in total. The third kappa shape index (κ3) is 3.56. The van der Waals surface area contributed by atoms with Gasteiger partial charge in [0.25, 0.3) is 5.91 Å². The van der Waals surface area contributed by atoms with Gasteiger partial charge in [-0.2, -0.15) is 5.10 Å². The number of carbonyl (C=O) groups excluding carboxylic acids is 1. The summed E-state index contributed by atoms with van der Waals surface area (Å²) in [6, 6.07) is 9.69. The van der Waals surface area contributed by atoms with E-state index in [0.717, 1.165) is 0 Å². The lowest BCUT2D eigenvalue weighted by Gasteiger charge is -2.11. The molecule has 0 saturated carbocycles. The molecule has 0 radical (unpaired) electrons. The maximum Gasteiger partial charge on any atom is 0.259 e. The van der Waals surface area contributed by atoms with Crippen molar-refractivity contribution in [2.45, 2.75) is 13.8 Å². The van der Waals surface area contributed by atoms with Crippen LogP contribution in [0, 0.1) is 18.6 Å². The van der Waals surface area contributed by atoms with Crippen molar-refractivity contribution in [1.29, 1.82) is 0 Å². The number of halogens is 2. The molecule has 0 saturated heterocycles. The van der Waals surface area contributed by atoms with E-state index in [-0.39, 0.29) is 11.6 Å². The van der Waals surface area contributed by atoms with Crippen LogP contribution in [-0.4, -0.2) is 22.3 Å². The monoisotopic (exact) mass is 357 g/mol. The molecule has 0 unspecified atom stereocenters. The van der Waals surface area contributed by atoms with Gasteiger partial charge in [-0.1, -0.05) is 0 Å². The van der Waals surface area contributed by atoms with Gasteiger partial charge in [-0.15, -0.1) is 0 Å². The number of nitrogens with one attached hydrogen (secondary N) is 1. The van der Waals surface area contributed by atoms with Gasteiger partial charge >= 0.3 is 0 Å². The summed E-state index contributed by atoms with van der Waals surface area (Å²) in [5.41, 5.74) is 1.95. The normalized spacial score (nSPS) is 10.6. The molecule has 0 aliphatic rings. The van der Waals surface area contributed by atoms with Crippen molar-refractivity contribution in [2.75, 3.05) is 11.9 Å². The molecule has 1 heterocycles. The zero-order chi connectivity index (χ0) is 18.7. The van der Waals surface area contributed by atoms with Gasteiger partial charge in [-0.3, -0.25) is 4.79 Å². The first-order valence-corrected chi connectivity index (χ1v) is 8.04. The van der Waals surface area contributed by atoms with Crippen LogP contribution in [0.4, 0.5) is 14.5 Å². The maximum atomic E-state index is 13.4. The van der Waals surface area contributed by atoms with E-state index >= 15 is 0 Å². The largest absolute Gasteiger partial charge is 0.492 e. The summed E-state index contributed by atoms with van der Waals surface area (Å²) in [5, 5.41) is 6.90. The van der Waals surface area contributed by atoms with Gasteiger partial charge in [-0.05, 0) is 50.2 Å². The Hall–Kier alpha value is -3.22.